The number of piperidine rings is 1. The predicted molar refractivity (Wildman–Crippen MR) is 153 cm³/mol. The van der Waals surface area contributed by atoms with Crippen LogP contribution in [0.3, 0.4) is 0 Å². The number of benzene rings is 2. The second kappa shape index (κ2) is 10.9. The Labute approximate surface area is 228 Å². The molecule has 0 aliphatic carbocycles. The van der Waals surface area contributed by atoms with Gasteiger partial charge in [0.2, 0.25) is 0 Å². The molecule has 3 aromatic rings. The highest BCUT2D eigenvalue weighted by Gasteiger charge is 2.44. The summed E-state index contributed by atoms with van der Waals surface area (Å²) in [6, 6.07) is 15.9. The predicted octanol–water partition coefficient (Wildman–Crippen LogP) is 4.97. The molecule has 0 atom stereocenters. The van der Waals surface area contributed by atoms with E-state index in [1.807, 2.05) is 29.4 Å². The van der Waals surface area contributed by atoms with Crippen molar-refractivity contribution < 1.29 is 19.6 Å². The Kier molecular flexibility index (Phi) is 7.73. The highest BCUT2D eigenvalue weighted by Crippen LogP contribution is 2.46. The maximum atomic E-state index is 13.6. The summed E-state index contributed by atoms with van der Waals surface area (Å²) in [7, 11) is -1.52. The van der Waals surface area contributed by atoms with Crippen molar-refractivity contribution in [3.05, 3.63) is 64.5 Å². The highest BCUT2D eigenvalue weighted by atomic mass is 32.2. The van der Waals surface area contributed by atoms with E-state index in [1.165, 1.54) is 28.9 Å². The van der Waals surface area contributed by atoms with E-state index in [0.717, 1.165) is 45.2 Å². The number of carbonyl (C=O) groups is 1. The zero-order valence-electron chi connectivity index (χ0n) is 21.7. The smallest absolute Gasteiger partial charge is 0.488 e. The van der Waals surface area contributed by atoms with Gasteiger partial charge < -0.3 is 19.7 Å². The monoisotopic (exact) mass is 535 g/mol. The van der Waals surface area contributed by atoms with E-state index in [9.17, 15) is 14.8 Å². The first-order valence-corrected chi connectivity index (χ1v) is 15.0. The minimum absolute atomic E-state index is 0.00341. The van der Waals surface area contributed by atoms with Gasteiger partial charge in [-0.05, 0) is 66.6 Å². The zero-order valence-corrected chi connectivity index (χ0v) is 23.3. The molecule has 0 saturated carbocycles. The molecule has 0 bridgehead atoms. The number of hydrogen-bond acceptors (Lipinski definition) is 6. The lowest BCUT2D eigenvalue weighted by atomic mass is 9.74. The van der Waals surface area contributed by atoms with Crippen molar-refractivity contribution >= 4 is 41.6 Å². The average Bonchev–Trinajstić information content (AvgIpc) is 3.50. The van der Waals surface area contributed by atoms with Gasteiger partial charge in [-0.2, -0.15) is 0 Å². The van der Waals surface area contributed by atoms with Gasteiger partial charge in [0.05, 0.1) is 15.7 Å². The van der Waals surface area contributed by atoms with Crippen LogP contribution in [0.4, 0.5) is 0 Å². The van der Waals surface area contributed by atoms with E-state index >= 15 is 0 Å². The van der Waals surface area contributed by atoms with E-state index in [2.05, 4.69) is 32.0 Å². The van der Waals surface area contributed by atoms with Crippen LogP contribution in [0.2, 0.25) is 0 Å². The normalized spacial score (nSPS) is 16.2. The first-order valence-electron chi connectivity index (χ1n) is 13.0. The topological polar surface area (TPSA) is 70.0 Å². The van der Waals surface area contributed by atoms with Gasteiger partial charge in [-0.15, -0.1) is 23.1 Å². The summed E-state index contributed by atoms with van der Waals surface area (Å²) >= 11 is 3.12. The number of thioether (sulfide) groups is 1. The minimum atomic E-state index is -1.52. The van der Waals surface area contributed by atoms with Crippen molar-refractivity contribution in [2.45, 2.75) is 49.2 Å². The van der Waals surface area contributed by atoms with Gasteiger partial charge in [0.25, 0.3) is 5.91 Å². The molecule has 0 unspecified atom stereocenters. The second-order valence-corrected chi connectivity index (χ2v) is 12.8. The Morgan fingerprint density at radius 1 is 1.16 bits per heavy atom. The molecule has 1 aromatic heterocycles. The summed E-state index contributed by atoms with van der Waals surface area (Å²) in [5, 5.41) is 19.2. The third kappa shape index (κ3) is 5.35. The molecule has 37 heavy (non-hydrogen) atoms. The molecule has 3 heterocycles. The molecular formula is C29H34BNO4S2. The molecule has 1 spiro atoms. The number of aryl methyl sites for hydroxylation is 1. The van der Waals surface area contributed by atoms with E-state index in [4.69, 9.17) is 4.74 Å². The van der Waals surface area contributed by atoms with Crippen LogP contribution in [-0.2, 0) is 11.8 Å². The van der Waals surface area contributed by atoms with Crippen molar-refractivity contribution in [3.8, 4) is 16.9 Å². The summed E-state index contributed by atoms with van der Waals surface area (Å²) in [6.07, 6.45) is 6.09. The van der Waals surface area contributed by atoms with Gasteiger partial charge in [-0.1, -0.05) is 50.2 Å². The fourth-order valence-electron chi connectivity index (χ4n) is 5.43. The third-order valence-electron chi connectivity index (χ3n) is 7.73. The van der Waals surface area contributed by atoms with Gasteiger partial charge in [0, 0.05) is 29.6 Å². The average molecular weight is 536 g/mol. The first-order chi connectivity index (χ1) is 17.8. The maximum absolute atomic E-state index is 13.6. The molecule has 2 aromatic carbocycles. The van der Waals surface area contributed by atoms with Gasteiger partial charge in [0.1, 0.15) is 5.75 Å². The SMILES string of the molecule is CSc1sc(C(=O)N2CCC3(CC2)COc2ccc(CCC(C)C)cc23)cc1-c1cccc(B(O)O)c1. The number of hydrogen-bond donors (Lipinski definition) is 2. The third-order valence-corrected chi connectivity index (χ3v) is 9.99. The summed E-state index contributed by atoms with van der Waals surface area (Å²) in [5.41, 5.74) is 4.99. The van der Waals surface area contributed by atoms with Crippen LogP contribution in [0, 0.1) is 5.92 Å². The lowest BCUT2D eigenvalue weighted by Gasteiger charge is -2.38. The standard InChI is InChI=1S/C29H34BNO4S2/c1-19(2)7-8-20-9-10-25-24(15-20)29(18-35-25)11-13-31(14-12-29)27(32)26-17-23(28(36-3)37-26)21-5-4-6-22(16-21)30(33)34/h4-6,9-10,15-17,19,33-34H,7-8,11-14,18H2,1-3H3. The number of amides is 1. The van der Waals surface area contributed by atoms with E-state index in [0.29, 0.717) is 31.1 Å². The van der Waals surface area contributed by atoms with Crippen LogP contribution in [0.1, 0.15) is 53.9 Å². The molecule has 5 rings (SSSR count). The summed E-state index contributed by atoms with van der Waals surface area (Å²) in [5.74, 6) is 1.77. The van der Waals surface area contributed by atoms with Gasteiger partial charge in [-0.25, -0.2) is 0 Å². The number of likely N-dealkylation sites (tertiary alicyclic amines) is 1. The molecule has 2 aliphatic heterocycles. The van der Waals surface area contributed by atoms with Crippen LogP contribution in [-0.4, -0.2) is 53.9 Å². The van der Waals surface area contributed by atoms with Crippen LogP contribution in [0.5, 0.6) is 5.75 Å². The van der Waals surface area contributed by atoms with Crippen molar-refractivity contribution in [2.24, 2.45) is 5.92 Å². The van der Waals surface area contributed by atoms with Crippen LogP contribution in [0.15, 0.2) is 52.7 Å². The van der Waals surface area contributed by atoms with E-state index in [1.54, 1.807) is 23.9 Å². The Hall–Kier alpha value is -2.26. The Morgan fingerprint density at radius 2 is 1.95 bits per heavy atom. The Bertz CT molecular complexity index is 1280. The lowest BCUT2D eigenvalue weighted by molar-refractivity contribution is 0.0651. The van der Waals surface area contributed by atoms with E-state index in [-0.39, 0.29) is 11.3 Å². The molecule has 2 N–H and O–H groups in total. The first kappa shape index (κ1) is 26.4. The number of ether oxygens (including phenoxy) is 1. The van der Waals surface area contributed by atoms with Crippen molar-refractivity contribution in [2.75, 3.05) is 26.0 Å². The van der Waals surface area contributed by atoms with Crippen LogP contribution in [0.25, 0.3) is 11.1 Å². The van der Waals surface area contributed by atoms with Crippen LogP contribution >= 0.6 is 23.1 Å². The van der Waals surface area contributed by atoms with Crippen LogP contribution < -0.4 is 10.2 Å². The quantitative estimate of drug-likeness (QED) is 0.330. The zero-order chi connectivity index (χ0) is 26.2. The minimum Gasteiger partial charge on any atom is -0.492 e. The van der Waals surface area contributed by atoms with Crippen molar-refractivity contribution in [1.82, 2.24) is 4.90 Å². The molecule has 2 aliphatic rings. The number of carbonyl (C=O) groups excluding carboxylic acids is 1. The molecular weight excluding hydrogens is 501 g/mol. The number of fused-ring (bicyclic) bond motifs is 2. The molecule has 1 amide bonds. The fourth-order valence-corrected chi connectivity index (χ4v) is 7.31. The summed E-state index contributed by atoms with van der Waals surface area (Å²) in [4.78, 5) is 16.3. The number of thiophene rings is 1. The second-order valence-electron chi connectivity index (χ2n) is 10.6. The summed E-state index contributed by atoms with van der Waals surface area (Å²) < 4.78 is 7.17. The highest BCUT2D eigenvalue weighted by molar-refractivity contribution is 8.00. The number of rotatable bonds is 7. The van der Waals surface area contributed by atoms with Gasteiger partial charge in [0.15, 0.2) is 0 Å². The Morgan fingerprint density at radius 3 is 2.65 bits per heavy atom. The molecule has 5 nitrogen and oxygen atoms in total. The van der Waals surface area contributed by atoms with E-state index < -0.39 is 7.12 Å². The maximum Gasteiger partial charge on any atom is 0.488 e. The largest absolute Gasteiger partial charge is 0.492 e. The van der Waals surface area contributed by atoms with Gasteiger partial charge in [-0.3, -0.25) is 4.79 Å². The fraction of sp³-hybridized carbons (Fsp3) is 0.414. The molecule has 1 fully saturated rings. The molecule has 8 heteroatoms. The molecule has 194 valence electrons. The van der Waals surface area contributed by atoms with Crippen molar-refractivity contribution in [1.29, 1.82) is 0 Å². The van der Waals surface area contributed by atoms with Crippen molar-refractivity contribution in [3.63, 3.8) is 0 Å². The molecule has 1 saturated heterocycles. The summed E-state index contributed by atoms with van der Waals surface area (Å²) in [6.45, 7) is 6.66. The number of nitrogens with zero attached hydrogens (tertiary/aromatic N) is 1. The van der Waals surface area contributed by atoms with Gasteiger partial charge >= 0.3 is 7.12 Å². The Balaban J connectivity index is 1.32. The molecule has 0 radical (unpaired) electrons. The lowest BCUT2D eigenvalue weighted by Crippen LogP contribution is -2.45.